The van der Waals surface area contributed by atoms with E-state index in [2.05, 4.69) is 62.9 Å². The Hall–Kier alpha value is -1.21. The molecule has 0 fully saturated rings. The Morgan fingerprint density at radius 3 is 2.20 bits per heavy atom. The second-order valence-electron chi connectivity index (χ2n) is 3.82. The molecule has 0 aliphatic carbocycles. The van der Waals surface area contributed by atoms with E-state index in [4.69, 9.17) is 0 Å². The highest BCUT2D eigenvalue weighted by Crippen LogP contribution is 2.27. The number of benzene rings is 2. The van der Waals surface area contributed by atoms with Gasteiger partial charge in [-0.1, -0.05) is 36.4 Å². The molecule has 0 saturated carbocycles. The third-order valence-electron chi connectivity index (χ3n) is 2.63. The Kier molecular flexibility index (Phi) is 2.83. The molecule has 0 aliphatic rings. The number of aryl methyl sites for hydroxylation is 2. The minimum Gasteiger partial charge on any atom is -0.143 e. The van der Waals surface area contributed by atoms with Crippen LogP contribution in [0.1, 0.15) is 11.1 Å². The van der Waals surface area contributed by atoms with Crippen molar-refractivity contribution in [3.63, 3.8) is 0 Å². The predicted octanol–water partition coefficient (Wildman–Crippen LogP) is 4.26. The molecule has 0 spiro atoms. The largest absolute Gasteiger partial charge is 0.143 e. The van der Waals surface area contributed by atoms with E-state index in [1.165, 1.54) is 22.3 Å². The van der Waals surface area contributed by atoms with Gasteiger partial charge < -0.3 is 0 Å². The highest BCUT2D eigenvalue weighted by atomic mass is 32.1. The molecule has 0 unspecified atom stereocenters. The van der Waals surface area contributed by atoms with Crippen LogP contribution in [0.3, 0.4) is 0 Å². The normalized spacial score (nSPS) is 10.3. The van der Waals surface area contributed by atoms with Gasteiger partial charge in [-0.05, 0) is 42.2 Å². The van der Waals surface area contributed by atoms with Gasteiger partial charge in [-0.2, -0.15) is 0 Å². The fraction of sp³-hybridized carbons (Fsp3) is 0.143. The maximum absolute atomic E-state index is 4.43. The third kappa shape index (κ3) is 2.07. The predicted molar refractivity (Wildman–Crippen MR) is 68.6 cm³/mol. The van der Waals surface area contributed by atoms with Gasteiger partial charge in [0.25, 0.3) is 0 Å². The molecule has 0 N–H and O–H groups in total. The molecule has 2 rings (SSSR count). The summed E-state index contributed by atoms with van der Waals surface area (Å²) in [5.74, 6) is 0. The van der Waals surface area contributed by atoms with Crippen molar-refractivity contribution in [1.82, 2.24) is 0 Å². The Labute approximate surface area is 96.4 Å². The lowest BCUT2D eigenvalue weighted by Gasteiger charge is -2.09. The van der Waals surface area contributed by atoms with E-state index in [0.717, 1.165) is 4.90 Å². The minimum atomic E-state index is 1.06. The molecule has 1 heteroatoms. The SMILES string of the molecule is Cc1cc(-c2ccccc2)c(C)cc1S. The van der Waals surface area contributed by atoms with Crippen LogP contribution < -0.4 is 0 Å². The first-order valence-corrected chi connectivity index (χ1v) is 5.49. The standard InChI is InChI=1S/C14H14S/c1-10-9-14(15)11(2)8-13(10)12-6-4-3-5-7-12/h3-9,15H,1-2H3. The zero-order chi connectivity index (χ0) is 10.8. The summed E-state index contributed by atoms with van der Waals surface area (Å²) in [6.45, 7) is 4.22. The van der Waals surface area contributed by atoms with Gasteiger partial charge in [0.2, 0.25) is 0 Å². The molecule has 2 aromatic carbocycles. The van der Waals surface area contributed by atoms with Gasteiger partial charge in [0.15, 0.2) is 0 Å². The molecule has 76 valence electrons. The van der Waals surface area contributed by atoms with E-state index in [1.54, 1.807) is 0 Å². The summed E-state index contributed by atoms with van der Waals surface area (Å²) < 4.78 is 0. The number of rotatable bonds is 1. The molecule has 0 aliphatic heterocycles. The van der Waals surface area contributed by atoms with Crippen LogP contribution in [0, 0.1) is 13.8 Å². The van der Waals surface area contributed by atoms with Crippen LogP contribution >= 0.6 is 12.6 Å². The van der Waals surface area contributed by atoms with E-state index >= 15 is 0 Å². The third-order valence-corrected chi connectivity index (χ3v) is 3.11. The van der Waals surface area contributed by atoms with Gasteiger partial charge in [0, 0.05) is 4.90 Å². The first kappa shape index (κ1) is 10.3. The highest BCUT2D eigenvalue weighted by molar-refractivity contribution is 7.80. The molecule has 15 heavy (non-hydrogen) atoms. The van der Waals surface area contributed by atoms with E-state index in [-0.39, 0.29) is 0 Å². The van der Waals surface area contributed by atoms with Gasteiger partial charge in [0.1, 0.15) is 0 Å². The molecule has 0 aromatic heterocycles. The van der Waals surface area contributed by atoms with Crippen LogP contribution in [0.2, 0.25) is 0 Å². The molecule has 0 bridgehead atoms. The monoisotopic (exact) mass is 214 g/mol. The molecular formula is C14H14S. The molecular weight excluding hydrogens is 200 g/mol. The second-order valence-corrected chi connectivity index (χ2v) is 4.30. The van der Waals surface area contributed by atoms with Crippen molar-refractivity contribution in [3.05, 3.63) is 53.6 Å². The lowest BCUT2D eigenvalue weighted by Crippen LogP contribution is -1.86. The second kappa shape index (κ2) is 4.11. The van der Waals surface area contributed by atoms with Crippen molar-refractivity contribution < 1.29 is 0 Å². The lowest BCUT2D eigenvalue weighted by atomic mass is 9.98. The summed E-state index contributed by atoms with van der Waals surface area (Å²) in [6.07, 6.45) is 0. The summed E-state index contributed by atoms with van der Waals surface area (Å²) in [4.78, 5) is 1.06. The highest BCUT2D eigenvalue weighted by Gasteiger charge is 2.03. The molecule has 0 amide bonds. The van der Waals surface area contributed by atoms with Crippen LogP contribution in [-0.2, 0) is 0 Å². The van der Waals surface area contributed by atoms with Crippen molar-refractivity contribution in [2.75, 3.05) is 0 Å². The minimum absolute atomic E-state index is 1.06. The molecule has 0 saturated heterocycles. The number of hydrogen-bond donors (Lipinski definition) is 1. The smallest absolute Gasteiger partial charge is 0.00722 e. The first-order valence-electron chi connectivity index (χ1n) is 5.04. The quantitative estimate of drug-likeness (QED) is 0.674. The summed E-state index contributed by atoms with van der Waals surface area (Å²) in [5.41, 5.74) is 5.07. The fourth-order valence-electron chi connectivity index (χ4n) is 1.73. The average molecular weight is 214 g/mol. The summed E-state index contributed by atoms with van der Waals surface area (Å²) >= 11 is 4.43. The Balaban J connectivity index is 2.59. The van der Waals surface area contributed by atoms with Gasteiger partial charge in [-0.25, -0.2) is 0 Å². The topological polar surface area (TPSA) is 0 Å². The Morgan fingerprint density at radius 1 is 0.867 bits per heavy atom. The van der Waals surface area contributed by atoms with E-state index in [9.17, 15) is 0 Å². The van der Waals surface area contributed by atoms with Crippen molar-refractivity contribution in [3.8, 4) is 11.1 Å². The van der Waals surface area contributed by atoms with Crippen molar-refractivity contribution in [1.29, 1.82) is 0 Å². The molecule has 0 radical (unpaired) electrons. The number of thiol groups is 1. The van der Waals surface area contributed by atoms with Gasteiger partial charge in [-0.3, -0.25) is 0 Å². The maximum atomic E-state index is 4.43. The van der Waals surface area contributed by atoms with E-state index < -0.39 is 0 Å². The molecule has 0 atom stereocenters. The first-order chi connectivity index (χ1) is 7.18. The Bertz CT molecular complexity index is 472. The van der Waals surface area contributed by atoms with Crippen molar-refractivity contribution in [2.45, 2.75) is 18.7 Å². The van der Waals surface area contributed by atoms with Crippen LogP contribution in [-0.4, -0.2) is 0 Å². The lowest BCUT2D eigenvalue weighted by molar-refractivity contribution is 1.27. The van der Waals surface area contributed by atoms with Crippen LogP contribution in [0.25, 0.3) is 11.1 Å². The molecule has 0 heterocycles. The van der Waals surface area contributed by atoms with Gasteiger partial charge >= 0.3 is 0 Å². The number of hydrogen-bond acceptors (Lipinski definition) is 1. The molecule has 0 nitrogen and oxygen atoms in total. The zero-order valence-electron chi connectivity index (χ0n) is 8.99. The van der Waals surface area contributed by atoms with Gasteiger partial charge in [0.05, 0.1) is 0 Å². The maximum Gasteiger partial charge on any atom is 0.00722 e. The van der Waals surface area contributed by atoms with Crippen LogP contribution in [0.15, 0.2) is 47.4 Å². The van der Waals surface area contributed by atoms with Crippen molar-refractivity contribution in [2.24, 2.45) is 0 Å². The van der Waals surface area contributed by atoms with Gasteiger partial charge in [-0.15, -0.1) is 12.6 Å². The van der Waals surface area contributed by atoms with Crippen LogP contribution in [0.4, 0.5) is 0 Å². The molecule has 2 aromatic rings. The average Bonchev–Trinajstić information content (AvgIpc) is 2.25. The van der Waals surface area contributed by atoms with E-state index in [0.29, 0.717) is 0 Å². The summed E-state index contributed by atoms with van der Waals surface area (Å²) in [7, 11) is 0. The fourth-order valence-corrected chi connectivity index (χ4v) is 1.99. The zero-order valence-corrected chi connectivity index (χ0v) is 9.88. The summed E-state index contributed by atoms with van der Waals surface area (Å²) in [6, 6.07) is 14.8. The van der Waals surface area contributed by atoms with E-state index in [1.807, 2.05) is 6.07 Å². The van der Waals surface area contributed by atoms with Crippen molar-refractivity contribution >= 4 is 12.6 Å². The van der Waals surface area contributed by atoms with Crippen LogP contribution in [0.5, 0.6) is 0 Å². The Morgan fingerprint density at radius 2 is 1.53 bits per heavy atom. The summed E-state index contributed by atoms with van der Waals surface area (Å²) in [5, 5.41) is 0.